The largest absolute Gasteiger partial charge is 0.331 e. The highest BCUT2D eigenvalue weighted by atomic mass is 35.5. The van der Waals surface area contributed by atoms with Gasteiger partial charge >= 0.3 is 0 Å². The fourth-order valence-corrected chi connectivity index (χ4v) is 5.21. The van der Waals surface area contributed by atoms with Crippen LogP contribution in [0.4, 0.5) is 5.69 Å². The predicted molar refractivity (Wildman–Crippen MR) is 116 cm³/mol. The zero-order chi connectivity index (χ0) is 19.7. The number of sulfonamides is 1. The summed E-state index contributed by atoms with van der Waals surface area (Å²) >= 11 is 0. The average Bonchev–Trinajstić information content (AvgIpc) is 2.94. The molecule has 2 aliphatic rings. The second kappa shape index (κ2) is 8.73. The molecule has 156 valence electrons. The van der Waals surface area contributed by atoms with Crippen LogP contribution in [0.5, 0.6) is 0 Å². The molecule has 2 unspecified atom stereocenters. The Hall–Kier alpha value is -2.09. The highest BCUT2D eigenvalue weighted by molar-refractivity contribution is 7.92. The number of fused-ring (bicyclic) bond motifs is 2. The number of carbonyl (C=O) groups is 1. The second-order valence-electron chi connectivity index (χ2n) is 7.55. The van der Waals surface area contributed by atoms with Gasteiger partial charge in [0, 0.05) is 18.6 Å². The zero-order valence-electron chi connectivity index (χ0n) is 16.3. The van der Waals surface area contributed by atoms with Crippen molar-refractivity contribution in [2.75, 3.05) is 17.8 Å². The summed E-state index contributed by atoms with van der Waals surface area (Å²) < 4.78 is 28.2. The van der Waals surface area contributed by atoms with Crippen molar-refractivity contribution < 1.29 is 13.2 Å². The van der Waals surface area contributed by atoms with Crippen LogP contribution in [0.1, 0.15) is 35.2 Å². The lowest BCUT2D eigenvalue weighted by Gasteiger charge is -2.28. The van der Waals surface area contributed by atoms with E-state index in [0.29, 0.717) is 11.3 Å². The summed E-state index contributed by atoms with van der Waals surface area (Å²) in [6.45, 7) is 3.61. The van der Waals surface area contributed by atoms with Gasteiger partial charge in [0.05, 0.1) is 16.1 Å². The Morgan fingerprint density at radius 2 is 1.72 bits per heavy atom. The van der Waals surface area contributed by atoms with Gasteiger partial charge in [-0.15, -0.1) is 12.4 Å². The Balaban J connectivity index is 0.00000240. The molecule has 2 aliphatic heterocycles. The number of anilines is 1. The van der Waals surface area contributed by atoms with E-state index in [1.807, 2.05) is 11.8 Å². The normalized spacial score (nSPS) is 21.2. The summed E-state index contributed by atoms with van der Waals surface area (Å²) in [5.74, 6) is -0.0987. The number of amides is 1. The van der Waals surface area contributed by atoms with E-state index in [4.69, 9.17) is 0 Å². The second-order valence-corrected chi connectivity index (χ2v) is 9.24. The summed E-state index contributed by atoms with van der Waals surface area (Å²) in [7, 11) is -3.77. The van der Waals surface area contributed by atoms with Crippen molar-refractivity contribution in [1.29, 1.82) is 0 Å². The lowest BCUT2D eigenvalue weighted by atomic mass is 10.1. The number of nitrogens with zero attached hydrogens (tertiary/aromatic N) is 1. The molecule has 1 amide bonds. The third-order valence-electron chi connectivity index (χ3n) is 5.62. The van der Waals surface area contributed by atoms with E-state index in [1.165, 1.54) is 0 Å². The number of aryl methyl sites for hydroxylation is 1. The van der Waals surface area contributed by atoms with E-state index >= 15 is 0 Å². The van der Waals surface area contributed by atoms with Crippen LogP contribution >= 0.6 is 12.4 Å². The highest BCUT2D eigenvalue weighted by Gasteiger charge is 2.39. The fourth-order valence-electron chi connectivity index (χ4n) is 4.13. The molecule has 0 aromatic heterocycles. The minimum absolute atomic E-state index is 0. The quantitative estimate of drug-likeness (QED) is 0.773. The van der Waals surface area contributed by atoms with Crippen molar-refractivity contribution in [3.05, 3.63) is 59.7 Å². The topological polar surface area (TPSA) is 78.5 Å². The number of benzene rings is 2. The van der Waals surface area contributed by atoms with Crippen molar-refractivity contribution in [2.45, 2.75) is 43.2 Å². The monoisotopic (exact) mass is 435 g/mol. The molecule has 0 radical (unpaired) electrons. The Bertz CT molecular complexity index is 965. The molecular formula is C21H26ClN3O3S. The van der Waals surface area contributed by atoms with E-state index in [-0.39, 0.29) is 35.3 Å². The molecular weight excluding hydrogens is 410 g/mol. The Labute approximate surface area is 178 Å². The van der Waals surface area contributed by atoms with Gasteiger partial charge < -0.3 is 10.2 Å². The minimum atomic E-state index is -3.77. The first-order valence-corrected chi connectivity index (χ1v) is 11.2. The van der Waals surface area contributed by atoms with Crippen LogP contribution in [0.15, 0.2) is 53.4 Å². The number of nitrogens with one attached hydrogen (secondary N) is 2. The van der Waals surface area contributed by atoms with Gasteiger partial charge in [-0.1, -0.05) is 29.8 Å². The van der Waals surface area contributed by atoms with Gasteiger partial charge in [-0.05, 0) is 57.0 Å². The number of para-hydroxylation sites is 1. The van der Waals surface area contributed by atoms with Crippen molar-refractivity contribution >= 4 is 34.0 Å². The summed E-state index contributed by atoms with van der Waals surface area (Å²) in [6, 6.07) is 13.9. The molecule has 8 heteroatoms. The smallest absolute Gasteiger partial charge is 0.261 e. The van der Waals surface area contributed by atoms with E-state index in [0.717, 1.165) is 37.9 Å². The number of hydrogen-bond acceptors (Lipinski definition) is 4. The van der Waals surface area contributed by atoms with Gasteiger partial charge in [0.1, 0.15) is 0 Å². The average molecular weight is 436 g/mol. The van der Waals surface area contributed by atoms with Crippen molar-refractivity contribution in [3.8, 4) is 0 Å². The van der Waals surface area contributed by atoms with Crippen LogP contribution in [0.3, 0.4) is 0 Å². The van der Waals surface area contributed by atoms with E-state index < -0.39 is 10.0 Å². The molecule has 2 N–H and O–H groups in total. The number of carbonyl (C=O) groups excluding carboxylic acids is 1. The van der Waals surface area contributed by atoms with Gasteiger partial charge in [0.15, 0.2) is 0 Å². The maximum atomic E-state index is 13.4. The highest BCUT2D eigenvalue weighted by Crippen LogP contribution is 2.31. The van der Waals surface area contributed by atoms with Crippen molar-refractivity contribution in [3.63, 3.8) is 0 Å². The molecule has 2 aromatic carbocycles. The van der Waals surface area contributed by atoms with Crippen LogP contribution in [0, 0.1) is 6.92 Å². The maximum Gasteiger partial charge on any atom is 0.261 e. The number of hydrogen-bond donors (Lipinski definition) is 2. The first kappa shape index (κ1) is 21.6. The van der Waals surface area contributed by atoms with Gasteiger partial charge in [0.25, 0.3) is 15.9 Å². The van der Waals surface area contributed by atoms with Crippen LogP contribution < -0.4 is 10.0 Å². The molecule has 29 heavy (non-hydrogen) atoms. The lowest BCUT2D eigenvalue weighted by Crippen LogP contribution is -2.42. The standard InChI is InChI=1S/C21H25N3O3S.ClH/c1-15-6-10-18(11-7-15)28(26,27)23-20-5-3-2-4-19(20)21(25)24-16-8-9-17(24)14-22-13-12-16;/h2-7,10-11,16-17,22-23H,8-9,12-14H2,1H3;1H. The maximum absolute atomic E-state index is 13.4. The summed E-state index contributed by atoms with van der Waals surface area (Å²) in [5.41, 5.74) is 1.71. The van der Waals surface area contributed by atoms with Gasteiger partial charge in [-0.25, -0.2) is 8.42 Å². The first-order chi connectivity index (χ1) is 13.5. The lowest BCUT2D eigenvalue weighted by molar-refractivity contribution is 0.0681. The molecule has 4 rings (SSSR count). The third kappa shape index (κ3) is 4.42. The van der Waals surface area contributed by atoms with Crippen LogP contribution in [-0.2, 0) is 10.0 Å². The molecule has 2 bridgehead atoms. The molecule has 2 aromatic rings. The Morgan fingerprint density at radius 3 is 2.48 bits per heavy atom. The van der Waals surface area contributed by atoms with Crippen LogP contribution in [-0.4, -0.2) is 44.4 Å². The molecule has 0 spiro atoms. The van der Waals surface area contributed by atoms with Gasteiger partial charge in [-0.2, -0.15) is 0 Å². The summed E-state index contributed by atoms with van der Waals surface area (Å²) in [5, 5.41) is 3.39. The number of rotatable bonds is 4. The molecule has 2 fully saturated rings. The predicted octanol–water partition coefficient (Wildman–Crippen LogP) is 3.18. The SMILES string of the molecule is Cc1ccc(S(=O)(=O)Nc2ccccc2C(=O)N2C3CCNCC2CC3)cc1.Cl. The third-order valence-corrected chi connectivity index (χ3v) is 7.00. The molecule has 6 nitrogen and oxygen atoms in total. The van der Waals surface area contributed by atoms with Crippen molar-refractivity contribution in [1.82, 2.24) is 10.2 Å². The summed E-state index contributed by atoms with van der Waals surface area (Å²) in [6.07, 6.45) is 2.93. The number of halogens is 1. The fraction of sp³-hybridized carbons (Fsp3) is 0.381. The molecule has 2 saturated heterocycles. The molecule has 2 heterocycles. The molecule has 0 saturated carbocycles. The zero-order valence-corrected chi connectivity index (χ0v) is 17.9. The van der Waals surface area contributed by atoms with Gasteiger partial charge in [-0.3, -0.25) is 9.52 Å². The first-order valence-electron chi connectivity index (χ1n) is 9.67. The Kier molecular flexibility index (Phi) is 6.51. The molecule has 0 aliphatic carbocycles. The minimum Gasteiger partial charge on any atom is -0.331 e. The van der Waals surface area contributed by atoms with E-state index in [9.17, 15) is 13.2 Å². The van der Waals surface area contributed by atoms with Gasteiger partial charge in [0.2, 0.25) is 0 Å². The summed E-state index contributed by atoms with van der Waals surface area (Å²) in [4.78, 5) is 15.5. The van der Waals surface area contributed by atoms with E-state index in [1.54, 1.807) is 48.5 Å². The van der Waals surface area contributed by atoms with Crippen LogP contribution in [0.25, 0.3) is 0 Å². The Morgan fingerprint density at radius 1 is 1.03 bits per heavy atom. The van der Waals surface area contributed by atoms with E-state index in [2.05, 4.69) is 10.0 Å². The van der Waals surface area contributed by atoms with Crippen molar-refractivity contribution in [2.24, 2.45) is 0 Å². The molecule has 2 atom stereocenters. The van der Waals surface area contributed by atoms with Crippen LogP contribution in [0.2, 0.25) is 0 Å².